The number of hydrogen-bond donors (Lipinski definition) is 3. The molecule has 8 heteroatoms. The molecule has 0 saturated carbocycles. The van der Waals surface area contributed by atoms with Crippen molar-refractivity contribution in [3.63, 3.8) is 0 Å². The van der Waals surface area contributed by atoms with E-state index >= 15 is 0 Å². The molecule has 1 aliphatic rings. The van der Waals surface area contributed by atoms with Gasteiger partial charge in [0.25, 0.3) is 0 Å². The van der Waals surface area contributed by atoms with E-state index in [2.05, 4.69) is 15.3 Å². The van der Waals surface area contributed by atoms with Gasteiger partial charge in [-0.2, -0.15) is 10.1 Å². The van der Waals surface area contributed by atoms with Crippen molar-refractivity contribution in [3.05, 3.63) is 34.9 Å². The Hall–Kier alpha value is -1.83. The molecule has 0 spiro atoms. The number of halogens is 1. The fourth-order valence-electron chi connectivity index (χ4n) is 2.06. The Morgan fingerprint density at radius 2 is 1.95 bits per heavy atom. The largest absolute Gasteiger partial charge is 0.368 e. The molecular weight excluding hydrogens is 304 g/mol. The van der Waals surface area contributed by atoms with E-state index in [9.17, 15) is 0 Å². The summed E-state index contributed by atoms with van der Waals surface area (Å²) in [5.41, 5.74) is 11.9. The van der Waals surface area contributed by atoms with Crippen molar-refractivity contribution >= 4 is 23.5 Å². The van der Waals surface area contributed by atoms with Gasteiger partial charge in [0.2, 0.25) is 11.9 Å². The highest BCUT2D eigenvalue weighted by molar-refractivity contribution is 6.30. The predicted octanol–water partition coefficient (Wildman–Crippen LogP) is 1.04. The number of benzene rings is 1. The quantitative estimate of drug-likeness (QED) is 0.679. The minimum absolute atomic E-state index is 0.156. The van der Waals surface area contributed by atoms with Crippen molar-refractivity contribution in [3.8, 4) is 0 Å². The summed E-state index contributed by atoms with van der Waals surface area (Å²) in [6, 6.07) is 7.69. The first-order valence-electron chi connectivity index (χ1n) is 6.96. The molecule has 0 saturated heterocycles. The maximum Gasteiger partial charge on any atom is 0.226 e. The van der Waals surface area contributed by atoms with Gasteiger partial charge in [-0.1, -0.05) is 23.7 Å². The van der Waals surface area contributed by atoms with Crippen LogP contribution in [0.4, 0.5) is 0 Å². The van der Waals surface area contributed by atoms with Crippen LogP contribution in [0, 0.1) is 0 Å². The zero-order chi connectivity index (χ0) is 16.2. The van der Waals surface area contributed by atoms with Gasteiger partial charge in [0.15, 0.2) is 5.66 Å². The van der Waals surface area contributed by atoms with Gasteiger partial charge in [-0.15, -0.1) is 0 Å². The normalized spacial score (nSPS) is 17.1. The molecule has 0 radical (unpaired) electrons. The molecule has 1 aromatic carbocycles. The van der Waals surface area contributed by atoms with Crippen LogP contribution >= 0.6 is 11.6 Å². The first kappa shape index (κ1) is 16.5. The molecule has 0 bridgehead atoms. The Morgan fingerprint density at radius 3 is 2.59 bits per heavy atom. The third-order valence-electron chi connectivity index (χ3n) is 3.06. The minimum atomic E-state index is -0.675. The van der Waals surface area contributed by atoms with Gasteiger partial charge in [-0.3, -0.25) is 4.84 Å². The monoisotopic (exact) mass is 324 g/mol. The van der Waals surface area contributed by atoms with E-state index in [-0.39, 0.29) is 11.9 Å². The zero-order valence-corrected chi connectivity index (χ0v) is 13.5. The Labute approximate surface area is 134 Å². The molecule has 1 heterocycles. The molecule has 1 aliphatic heterocycles. The van der Waals surface area contributed by atoms with Gasteiger partial charge in [-0.25, -0.2) is 4.99 Å². The smallest absolute Gasteiger partial charge is 0.226 e. The van der Waals surface area contributed by atoms with E-state index in [1.165, 1.54) is 5.06 Å². The summed E-state index contributed by atoms with van der Waals surface area (Å²) in [5, 5.41) is 5.47. The second-order valence-corrected chi connectivity index (χ2v) is 5.80. The highest BCUT2D eigenvalue weighted by atomic mass is 35.5. The Bertz CT molecular complexity index is 569. The molecule has 22 heavy (non-hydrogen) atoms. The second-order valence-electron chi connectivity index (χ2n) is 5.37. The summed E-state index contributed by atoms with van der Waals surface area (Å²) in [6.07, 6.45) is 0. The van der Waals surface area contributed by atoms with Crippen LogP contribution in [-0.4, -0.2) is 35.8 Å². The molecule has 0 aromatic heterocycles. The Balaban J connectivity index is 1.75. The summed E-state index contributed by atoms with van der Waals surface area (Å²) in [6.45, 7) is 5.52. The number of rotatable bonds is 6. The Kier molecular flexibility index (Phi) is 5.23. The molecule has 5 N–H and O–H groups in total. The van der Waals surface area contributed by atoms with E-state index in [4.69, 9.17) is 27.9 Å². The van der Waals surface area contributed by atoms with Gasteiger partial charge in [0, 0.05) is 18.1 Å². The molecule has 0 unspecified atom stereocenters. The second kappa shape index (κ2) is 6.95. The van der Waals surface area contributed by atoms with Crippen LogP contribution in [0.1, 0.15) is 19.4 Å². The highest BCUT2D eigenvalue weighted by Gasteiger charge is 2.32. The molecule has 0 atom stereocenters. The number of hydroxylamine groups is 2. The van der Waals surface area contributed by atoms with E-state index in [1.807, 2.05) is 38.1 Å². The lowest BCUT2D eigenvalue weighted by molar-refractivity contribution is -0.155. The van der Waals surface area contributed by atoms with Crippen LogP contribution in [-0.2, 0) is 11.4 Å². The van der Waals surface area contributed by atoms with Crippen LogP contribution in [0.15, 0.2) is 34.3 Å². The van der Waals surface area contributed by atoms with Crippen molar-refractivity contribution in [1.29, 1.82) is 0 Å². The van der Waals surface area contributed by atoms with Crippen molar-refractivity contribution in [2.45, 2.75) is 26.1 Å². The van der Waals surface area contributed by atoms with E-state index in [1.54, 1.807) is 0 Å². The fourth-order valence-corrected chi connectivity index (χ4v) is 2.19. The standard InChI is InChI=1S/C14H21ClN6O/c1-14(2)20-12(16)19-13(17)21(14)22-8-7-18-9-10-3-5-11(15)6-4-10/h3-6,18H,7-9H2,1-2H3,(H4,16,17,19,20). The third-order valence-corrected chi connectivity index (χ3v) is 3.32. The summed E-state index contributed by atoms with van der Waals surface area (Å²) in [4.78, 5) is 13.7. The van der Waals surface area contributed by atoms with Crippen LogP contribution in [0.25, 0.3) is 0 Å². The number of guanidine groups is 2. The number of nitrogens with one attached hydrogen (secondary N) is 1. The Morgan fingerprint density at radius 1 is 1.27 bits per heavy atom. The molecule has 0 aliphatic carbocycles. The van der Waals surface area contributed by atoms with Gasteiger partial charge in [0.05, 0.1) is 6.61 Å². The maximum atomic E-state index is 5.84. The topological polar surface area (TPSA) is 101 Å². The van der Waals surface area contributed by atoms with Gasteiger partial charge in [0.1, 0.15) is 0 Å². The molecule has 120 valence electrons. The van der Waals surface area contributed by atoms with Crippen LogP contribution < -0.4 is 16.8 Å². The third kappa shape index (κ3) is 4.33. The number of hydrogen-bond acceptors (Lipinski definition) is 7. The summed E-state index contributed by atoms with van der Waals surface area (Å²) in [7, 11) is 0. The van der Waals surface area contributed by atoms with E-state index in [0.29, 0.717) is 13.2 Å². The molecule has 0 fully saturated rings. The van der Waals surface area contributed by atoms with Crippen molar-refractivity contribution in [2.24, 2.45) is 21.5 Å². The van der Waals surface area contributed by atoms with E-state index in [0.717, 1.165) is 17.1 Å². The molecule has 7 nitrogen and oxygen atoms in total. The summed E-state index contributed by atoms with van der Waals surface area (Å²) >= 11 is 5.84. The zero-order valence-electron chi connectivity index (χ0n) is 12.7. The highest BCUT2D eigenvalue weighted by Crippen LogP contribution is 2.19. The molecular formula is C14H21ClN6O. The van der Waals surface area contributed by atoms with Gasteiger partial charge < -0.3 is 16.8 Å². The van der Waals surface area contributed by atoms with Crippen LogP contribution in [0.5, 0.6) is 0 Å². The van der Waals surface area contributed by atoms with E-state index < -0.39 is 5.66 Å². The van der Waals surface area contributed by atoms with Crippen molar-refractivity contribution in [1.82, 2.24) is 10.4 Å². The SMILES string of the molecule is CC1(C)N=C(N)N=C(N)N1OCCNCc1ccc(Cl)cc1. The van der Waals surface area contributed by atoms with Crippen LogP contribution in [0.2, 0.25) is 5.02 Å². The maximum absolute atomic E-state index is 5.84. The number of aliphatic imine (C=N–C) groups is 2. The predicted molar refractivity (Wildman–Crippen MR) is 88.3 cm³/mol. The lowest BCUT2D eigenvalue weighted by atomic mass is 10.2. The lowest BCUT2D eigenvalue weighted by Crippen LogP contribution is -2.54. The van der Waals surface area contributed by atoms with Crippen LogP contribution in [0.3, 0.4) is 0 Å². The molecule has 2 rings (SSSR count). The first-order chi connectivity index (χ1) is 10.4. The van der Waals surface area contributed by atoms with Gasteiger partial charge in [-0.05, 0) is 31.5 Å². The molecule has 1 aromatic rings. The first-order valence-corrected chi connectivity index (χ1v) is 7.34. The average molecular weight is 325 g/mol. The lowest BCUT2D eigenvalue weighted by Gasteiger charge is -2.36. The van der Waals surface area contributed by atoms with Crippen molar-refractivity contribution in [2.75, 3.05) is 13.2 Å². The number of nitrogens with zero attached hydrogens (tertiary/aromatic N) is 3. The fraction of sp³-hybridized carbons (Fsp3) is 0.429. The van der Waals surface area contributed by atoms with Gasteiger partial charge >= 0.3 is 0 Å². The molecule has 0 amide bonds. The minimum Gasteiger partial charge on any atom is -0.368 e. The van der Waals surface area contributed by atoms with Crippen molar-refractivity contribution < 1.29 is 4.84 Å². The average Bonchev–Trinajstić information content (AvgIpc) is 2.42. The summed E-state index contributed by atoms with van der Waals surface area (Å²) < 4.78 is 0. The summed E-state index contributed by atoms with van der Waals surface area (Å²) in [5.74, 6) is 0.360. The number of nitrogens with two attached hydrogens (primary N) is 2.